The van der Waals surface area contributed by atoms with Crippen molar-refractivity contribution in [3.8, 4) is 0 Å². The Balaban J connectivity index is 1.76. The van der Waals surface area contributed by atoms with Crippen LogP contribution in [0.2, 0.25) is 0 Å². The molecule has 2 N–H and O–H groups in total. The topological polar surface area (TPSA) is 73.9 Å². The van der Waals surface area contributed by atoms with Gasteiger partial charge in [0.2, 0.25) is 0 Å². The molecule has 0 radical (unpaired) electrons. The summed E-state index contributed by atoms with van der Waals surface area (Å²) in [5.74, 6) is 0. The van der Waals surface area contributed by atoms with Gasteiger partial charge in [-0.05, 0) is 54.3 Å². The Kier molecular flexibility index (Phi) is 3.38. The number of aromatic nitrogens is 3. The van der Waals surface area contributed by atoms with Gasteiger partial charge in [0.25, 0.3) is 0 Å². The van der Waals surface area contributed by atoms with Gasteiger partial charge in [0.15, 0.2) is 0 Å². The predicted octanol–water partition coefficient (Wildman–Crippen LogP) is 2.92. The van der Waals surface area contributed by atoms with Gasteiger partial charge in [-0.3, -0.25) is 9.98 Å². The van der Waals surface area contributed by atoms with E-state index in [4.69, 9.17) is 0 Å². The zero-order chi connectivity index (χ0) is 15.6. The molecule has 0 unspecified atom stereocenters. The summed E-state index contributed by atoms with van der Waals surface area (Å²) in [7, 11) is 0. The molecule has 0 atom stereocenters. The quantitative estimate of drug-likeness (QED) is 0.764. The first kappa shape index (κ1) is 13.7. The Hall–Kier alpha value is -2.95. The average Bonchev–Trinajstić information content (AvgIpc) is 2.95. The molecule has 2 aromatic heterocycles. The van der Waals surface area contributed by atoms with Crippen LogP contribution in [0.5, 0.6) is 0 Å². The molecule has 1 aliphatic heterocycles. The maximum atomic E-state index is 11.4. The van der Waals surface area contributed by atoms with Crippen molar-refractivity contribution in [3.05, 3.63) is 69.9 Å². The standard InChI is InChI=1S/C18H16N4O/c23-18-21-15-6-5-12(10-16(15)22-18)9-13-3-2-8-20-17(13)14-4-1-7-19-11-14/h1,4-7,9-11H,2-3,8H2,(H2,21,22,23)/b13-9+. The highest BCUT2D eigenvalue weighted by Gasteiger charge is 2.14. The van der Waals surface area contributed by atoms with E-state index in [-0.39, 0.29) is 5.69 Å². The second-order valence-electron chi connectivity index (χ2n) is 5.63. The summed E-state index contributed by atoms with van der Waals surface area (Å²) >= 11 is 0. The lowest BCUT2D eigenvalue weighted by atomic mass is 9.95. The fourth-order valence-corrected chi connectivity index (χ4v) is 2.94. The van der Waals surface area contributed by atoms with Crippen molar-refractivity contribution in [2.24, 2.45) is 4.99 Å². The molecule has 1 aromatic carbocycles. The zero-order valence-corrected chi connectivity index (χ0v) is 12.5. The first-order valence-electron chi connectivity index (χ1n) is 7.67. The number of aliphatic imine (C=N–C) groups is 1. The largest absolute Gasteiger partial charge is 0.323 e. The van der Waals surface area contributed by atoms with Crippen LogP contribution in [0.1, 0.15) is 24.0 Å². The molecule has 5 nitrogen and oxygen atoms in total. The number of fused-ring (bicyclic) bond motifs is 1. The Morgan fingerprint density at radius 3 is 2.91 bits per heavy atom. The summed E-state index contributed by atoms with van der Waals surface area (Å²) < 4.78 is 0. The number of aromatic amines is 2. The number of pyridine rings is 1. The molecular weight excluding hydrogens is 288 g/mol. The van der Waals surface area contributed by atoms with Crippen LogP contribution in [-0.2, 0) is 0 Å². The number of nitrogens with one attached hydrogen (secondary N) is 2. The Labute approximate surface area is 132 Å². The van der Waals surface area contributed by atoms with Crippen molar-refractivity contribution in [1.82, 2.24) is 15.0 Å². The first-order valence-corrected chi connectivity index (χ1v) is 7.67. The molecule has 3 heterocycles. The Bertz CT molecular complexity index is 963. The van der Waals surface area contributed by atoms with Gasteiger partial charge in [0, 0.05) is 24.5 Å². The fraction of sp³-hybridized carbons (Fsp3) is 0.167. The van der Waals surface area contributed by atoms with Crippen LogP contribution in [-0.4, -0.2) is 27.2 Å². The fourth-order valence-electron chi connectivity index (χ4n) is 2.94. The first-order chi connectivity index (χ1) is 11.3. The molecule has 4 rings (SSSR count). The third kappa shape index (κ3) is 2.73. The van der Waals surface area contributed by atoms with Crippen LogP contribution in [0.25, 0.3) is 17.1 Å². The minimum atomic E-state index is -0.180. The molecule has 114 valence electrons. The number of H-pyrrole nitrogens is 2. The van der Waals surface area contributed by atoms with E-state index in [0.717, 1.165) is 47.3 Å². The molecule has 23 heavy (non-hydrogen) atoms. The molecule has 3 aromatic rings. The molecule has 0 spiro atoms. The number of rotatable bonds is 2. The van der Waals surface area contributed by atoms with Crippen LogP contribution in [0.3, 0.4) is 0 Å². The number of nitrogens with zero attached hydrogens (tertiary/aromatic N) is 2. The Morgan fingerprint density at radius 2 is 2.04 bits per heavy atom. The number of benzene rings is 1. The normalized spacial score (nSPS) is 16.7. The Morgan fingerprint density at radius 1 is 1.13 bits per heavy atom. The third-order valence-corrected chi connectivity index (χ3v) is 3.99. The van der Waals surface area contributed by atoms with Crippen molar-refractivity contribution >= 4 is 22.8 Å². The van der Waals surface area contributed by atoms with Crippen LogP contribution in [0, 0.1) is 0 Å². The van der Waals surface area contributed by atoms with Gasteiger partial charge in [-0.2, -0.15) is 0 Å². The lowest BCUT2D eigenvalue weighted by Crippen LogP contribution is -2.11. The highest BCUT2D eigenvalue weighted by molar-refractivity contribution is 6.15. The van der Waals surface area contributed by atoms with Crippen LogP contribution in [0.4, 0.5) is 0 Å². The summed E-state index contributed by atoms with van der Waals surface area (Å²) in [5, 5.41) is 0. The molecular formula is C18H16N4O. The van der Waals surface area contributed by atoms with Gasteiger partial charge in [0.05, 0.1) is 16.7 Å². The summed E-state index contributed by atoms with van der Waals surface area (Å²) in [6, 6.07) is 9.88. The van der Waals surface area contributed by atoms with Crippen molar-refractivity contribution in [2.75, 3.05) is 6.54 Å². The molecule has 0 fully saturated rings. The number of hydrogen-bond acceptors (Lipinski definition) is 3. The van der Waals surface area contributed by atoms with Crippen molar-refractivity contribution in [2.45, 2.75) is 12.8 Å². The van der Waals surface area contributed by atoms with E-state index in [1.165, 1.54) is 5.57 Å². The van der Waals surface area contributed by atoms with E-state index < -0.39 is 0 Å². The second kappa shape index (κ2) is 5.68. The minimum Gasteiger partial charge on any atom is -0.306 e. The van der Waals surface area contributed by atoms with Crippen LogP contribution < -0.4 is 5.69 Å². The van der Waals surface area contributed by atoms with Crippen LogP contribution in [0.15, 0.2) is 58.1 Å². The maximum absolute atomic E-state index is 11.4. The van der Waals surface area contributed by atoms with E-state index in [1.807, 2.05) is 36.5 Å². The van der Waals surface area contributed by atoms with Gasteiger partial charge in [0.1, 0.15) is 0 Å². The van der Waals surface area contributed by atoms with Gasteiger partial charge < -0.3 is 9.97 Å². The number of imidazole rings is 1. The van der Waals surface area contributed by atoms with E-state index in [1.54, 1.807) is 6.20 Å². The molecule has 5 heteroatoms. The summed E-state index contributed by atoms with van der Waals surface area (Å²) in [6.07, 6.45) is 7.82. The van der Waals surface area contributed by atoms with Crippen molar-refractivity contribution in [3.63, 3.8) is 0 Å². The molecule has 0 saturated carbocycles. The van der Waals surface area contributed by atoms with E-state index >= 15 is 0 Å². The predicted molar refractivity (Wildman–Crippen MR) is 91.8 cm³/mol. The smallest absolute Gasteiger partial charge is 0.306 e. The zero-order valence-electron chi connectivity index (χ0n) is 12.5. The molecule has 0 amide bonds. The lowest BCUT2D eigenvalue weighted by molar-refractivity contribution is 0.818. The van der Waals surface area contributed by atoms with Gasteiger partial charge in [-0.1, -0.05) is 6.07 Å². The molecule has 0 aliphatic carbocycles. The monoisotopic (exact) mass is 304 g/mol. The number of allylic oxidation sites excluding steroid dienone is 1. The third-order valence-electron chi connectivity index (χ3n) is 3.99. The molecule has 0 bridgehead atoms. The van der Waals surface area contributed by atoms with Gasteiger partial charge >= 0.3 is 5.69 Å². The lowest BCUT2D eigenvalue weighted by Gasteiger charge is -2.16. The number of hydrogen-bond donors (Lipinski definition) is 2. The van der Waals surface area contributed by atoms with Crippen molar-refractivity contribution < 1.29 is 0 Å². The van der Waals surface area contributed by atoms with E-state index in [0.29, 0.717) is 0 Å². The van der Waals surface area contributed by atoms with Gasteiger partial charge in [-0.15, -0.1) is 0 Å². The molecule has 0 saturated heterocycles. The summed E-state index contributed by atoms with van der Waals surface area (Å²) in [5.41, 5.74) is 5.80. The van der Waals surface area contributed by atoms with E-state index in [9.17, 15) is 4.79 Å². The highest BCUT2D eigenvalue weighted by Crippen LogP contribution is 2.22. The van der Waals surface area contributed by atoms with Crippen LogP contribution >= 0.6 is 0 Å². The molecule has 1 aliphatic rings. The van der Waals surface area contributed by atoms with Gasteiger partial charge in [-0.25, -0.2) is 4.79 Å². The maximum Gasteiger partial charge on any atom is 0.323 e. The summed E-state index contributed by atoms with van der Waals surface area (Å²) in [6.45, 7) is 0.853. The second-order valence-corrected chi connectivity index (χ2v) is 5.63. The van der Waals surface area contributed by atoms with Crippen molar-refractivity contribution in [1.29, 1.82) is 0 Å². The minimum absolute atomic E-state index is 0.180. The summed E-state index contributed by atoms with van der Waals surface area (Å²) in [4.78, 5) is 25.8. The SMILES string of the molecule is O=c1[nH]c2ccc(/C=C3\CCCN=C3c3cccnc3)cc2[nH]1. The van der Waals surface area contributed by atoms with E-state index in [2.05, 4.69) is 26.0 Å². The highest BCUT2D eigenvalue weighted by atomic mass is 16.1. The average molecular weight is 304 g/mol.